The van der Waals surface area contributed by atoms with Crippen LogP contribution in [0.25, 0.3) is 0 Å². The molecule has 0 radical (unpaired) electrons. The molecule has 0 aromatic carbocycles. The van der Waals surface area contributed by atoms with Crippen molar-refractivity contribution in [2.75, 3.05) is 0 Å². The first kappa shape index (κ1) is 11.2. The Bertz CT molecular complexity index is 335. The largest absolute Gasteiger partial charge is 0.444 e. The Kier molecular flexibility index (Phi) is 2.36. The van der Waals surface area contributed by atoms with E-state index in [4.69, 9.17) is 10.5 Å². The highest BCUT2D eigenvalue weighted by Crippen LogP contribution is 2.48. The highest BCUT2D eigenvalue weighted by Gasteiger charge is 2.56. The van der Waals surface area contributed by atoms with Gasteiger partial charge in [0.25, 0.3) is 0 Å². The minimum absolute atomic E-state index is 0.173. The van der Waals surface area contributed by atoms with E-state index in [-0.39, 0.29) is 6.04 Å². The van der Waals surface area contributed by atoms with Gasteiger partial charge in [-0.1, -0.05) is 0 Å². The maximum Gasteiger partial charge on any atom is 0.411 e. The van der Waals surface area contributed by atoms with Crippen molar-refractivity contribution < 1.29 is 14.3 Å². The highest BCUT2D eigenvalue weighted by atomic mass is 16.6. The van der Waals surface area contributed by atoms with Crippen LogP contribution >= 0.6 is 0 Å². The van der Waals surface area contributed by atoms with E-state index in [1.54, 1.807) is 0 Å². The Labute approximate surface area is 94.9 Å². The number of ether oxygens (including phenoxy) is 1. The molecular formula is C11H18N2O3. The van der Waals surface area contributed by atoms with E-state index in [0.29, 0.717) is 12.3 Å². The van der Waals surface area contributed by atoms with Gasteiger partial charge in [0.2, 0.25) is 5.91 Å². The summed E-state index contributed by atoms with van der Waals surface area (Å²) in [5.41, 5.74) is 4.75. The molecule has 2 rings (SSSR count). The van der Waals surface area contributed by atoms with Crippen LogP contribution < -0.4 is 5.73 Å². The van der Waals surface area contributed by atoms with Crippen LogP contribution in [-0.2, 0) is 9.53 Å². The highest BCUT2D eigenvalue weighted by molar-refractivity contribution is 5.85. The number of amides is 2. The summed E-state index contributed by atoms with van der Waals surface area (Å²) in [5, 5.41) is 0. The third-order valence-corrected chi connectivity index (χ3v) is 3.04. The minimum Gasteiger partial charge on any atom is -0.444 e. The van der Waals surface area contributed by atoms with Gasteiger partial charge >= 0.3 is 6.09 Å². The van der Waals surface area contributed by atoms with Gasteiger partial charge in [-0.25, -0.2) is 4.79 Å². The lowest BCUT2D eigenvalue weighted by molar-refractivity contribution is -0.122. The number of fused-ring (bicyclic) bond motifs is 1. The third kappa shape index (κ3) is 1.99. The van der Waals surface area contributed by atoms with Gasteiger partial charge in [-0.2, -0.15) is 0 Å². The molecule has 2 unspecified atom stereocenters. The van der Waals surface area contributed by atoms with E-state index in [2.05, 4.69) is 0 Å². The Balaban J connectivity index is 2.07. The molecule has 2 N–H and O–H groups in total. The molecule has 0 aromatic heterocycles. The van der Waals surface area contributed by atoms with Crippen LogP contribution in [0.4, 0.5) is 4.79 Å². The maximum atomic E-state index is 11.9. The Morgan fingerprint density at radius 1 is 1.31 bits per heavy atom. The van der Waals surface area contributed by atoms with Crippen molar-refractivity contribution in [1.29, 1.82) is 0 Å². The lowest BCUT2D eigenvalue weighted by Crippen LogP contribution is -2.47. The zero-order chi connectivity index (χ0) is 12.1. The quantitative estimate of drug-likeness (QED) is 0.721. The van der Waals surface area contributed by atoms with E-state index in [1.165, 1.54) is 4.90 Å². The molecule has 2 fully saturated rings. The first-order valence-corrected chi connectivity index (χ1v) is 5.60. The zero-order valence-electron chi connectivity index (χ0n) is 9.90. The van der Waals surface area contributed by atoms with Gasteiger partial charge in [-0.15, -0.1) is 0 Å². The number of carbonyl (C=O) groups excluding carboxylic acids is 2. The Hall–Kier alpha value is -1.26. The predicted octanol–water partition coefficient (Wildman–Crippen LogP) is 0.870. The van der Waals surface area contributed by atoms with E-state index >= 15 is 0 Å². The molecule has 5 heteroatoms. The van der Waals surface area contributed by atoms with Gasteiger partial charge in [0.15, 0.2) is 0 Å². The zero-order valence-corrected chi connectivity index (χ0v) is 9.90. The first-order chi connectivity index (χ1) is 7.29. The SMILES string of the molecule is CC(C)(C)OC(=O)N1C(C(N)=O)C[C@@H]2CC21. The fourth-order valence-electron chi connectivity index (χ4n) is 2.29. The molecule has 0 spiro atoms. The van der Waals surface area contributed by atoms with E-state index in [0.717, 1.165) is 6.42 Å². The molecule has 90 valence electrons. The van der Waals surface area contributed by atoms with Crippen molar-refractivity contribution in [3.63, 3.8) is 0 Å². The first-order valence-electron chi connectivity index (χ1n) is 5.60. The minimum atomic E-state index is -0.535. The van der Waals surface area contributed by atoms with Crippen LogP contribution in [0.3, 0.4) is 0 Å². The number of hydrogen-bond acceptors (Lipinski definition) is 3. The summed E-state index contributed by atoms with van der Waals surface area (Å²) in [6.07, 6.45) is 1.25. The van der Waals surface area contributed by atoms with Crippen molar-refractivity contribution in [1.82, 2.24) is 4.90 Å². The molecule has 0 aromatic rings. The number of nitrogens with two attached hydrogens (primary N) is 1. The van der Waals surface area contributed by atoms with Crippen LogP contribution in [-0.4, -0.2) is 34.6 Å². The molecular weight excluding hydrogens is 208 g/mol. The summed E-state index contributed by atoms with van der Waals surface area (Å²) in [6.45, 7) is 5.43. The smallest absolute Gasteiger partial charge is 0.411 e. The van der Waals surface area contributed by atoms with Crippen molar-refractivity contribution in [2.45, 2.75) is 51.3 Å². The number of carbonyl (C=O) groups is 2. The maximum absolute atomic E-state index is 11.9. The van der Waals surface area contributed by atoms with Gasteiger partial charge < -0.3 is 10.5 Å². The number of rotatable bonds is 1. The summed E-state index contributed by atoms with van der Waals surface area (Å²) < 4.78 is 5.28. The molecule has 2 aliphatic rings. The second-order valence-electron chi connectivity index (χ2n) is 5.60. The summed E-state index contributed by atoms with van der Waals surface area (Å²) in [4.78, 5) is 24.7. The fourth-order valence-corrected chi connectivity index (χ4v) is 2.29. The van der Waals surface area contributed by atoms with Gasteiger partial charge in [0, 0.05) is 6.04 Å². The summed E-state index contributed by atoms with van der Waals surface area (Å²) in [5.74, 6) is 0.0167. The topological polar surface area (TPSA) is 72.6 Å². The van der Waals surface area contributed by atoms with Crippen molar-refractivity contribution in [3.8, 4) is 0 Å². The van der Waals surface area contributed by atoms with Crippen molar-refractivity contribution in [2.24, 2.45) is 11.7 Å². The van der Waals surface area contributed by atoms with Crippen LogP contribution in [0.5, 0.6) is 0 Å². The average molecular weight is 226 g/mol. The van der Waals surface area contributed by atoms with Crippen molar-refractivity contribution >= 4 is 12.0 Å². The van der Waals surface area contributed by atoms with Crippen LogP contribution in [0.1, 0.15) is 33.6 Å². The molecule has 1 saturated carbocycles. The van der Waals surface area contributed by atoms with Gasteiger partial charge in [0.05, 0.1) is 0 Å². The molecule has 1 heterocycles. The second-order valence-corrected chi connectivity index (χ2v) is 5.60. The molecule has 1 aliphatic carbocycles. The summed E-state index contributed by atoms with van der Waals surface area (Å²) >= 11 is 0. The molecule has 0 bridgehead atoms. The lowest BCUT2D eigenvalue weighted by Gasteiger charge is -2.28. The molecule has 2 amide bonds. The molecule has 3 atom stereocenters. The average Bonchev–Trinajstić information content (AvgIpc) is 2.73. The Morgan fingerprint density at radius 3 is 2.44 bits per heavy atom. The predicted molar refractivity (Wildman–Crippen MR) is 57.6 cm³/mol. The third-order valence-electron chi connectivity index (χ3n) is 3.04. The van der Waals surface area contributed by atoms with Gasteiger partial charge in [0.1, 0.15) is 11.6 Å². The van der Waals surface area contributed by atoms with E-state index in [1.807, 2.05) is 20.8 Å². The summed E-state index contributed by atoms with van der Waals surface area (Å²) in [6, 6.07) is -0.300. The lowest BCUT2D eigenvalue weighted by atomic mass is 10.1. The standard InChI is InChI=1S/C11H18N2O3/c1-11(2,3)16-10(15)13-7-4-6(7)5-8(13)9(12)14/h6-8H,4-5H2,1-3H3,(H2,12,14)/t6-,7?,8?/m0/s1. The van der Waals surface area contributed by atoms with Crippen molar-refractivity contribution in [3.05, 3.63) is 0 Å². The number of primary amides is 1. The molecule has 1 aliphatic heterocycles. The van der Waals surface area contributed by atoms with Crippen LogP contribution in [0.2, 0.25) is 0 Å². The number of likely N-dealkylation sites (tertiary alicyclic amines) is 1. The number of nitrogens with zero attached hydrogens (tertiary/aromatic N) is 1. The fraction of sp³-hybridized carbons (Fsp3) is 0.818. The van der Waals surface area contributed by atoms with Crippen LogP contribution in [0, 0.1) is 5.92 Å². The monoisotopic (exact) mass is 226 g/mol. The number of hydrogen-bond donors (Lipinski definition) is 1. The number of piperidine rings is 1. The molecule has 1 saturated heterocycles. The van der Waals surface area contributed by atoms with Gasteiger partial charge in [-0.3, -0.25) is 9.69 Å². The van der Waals surface area contributed by atoms with E-state index in [9.17, 15) is 9.59 Å². The van der Waals surface area contributed by atoms with Gasteiger partial charge in [-0.05, 0) is 39.5 Å². The second kappa shape index (κ2) is 3.37. The molecule has 5 nitrogen and oxygen atoms in total. The normalized spacial score (nSPS) is 32.2. The molecule has 16 heavy (non-hydrogen) atoms. The van der Waals surface area contributed by atoms with E-state index < -0.39 is 23.6 Å². The van der Waals surface area contributed by atoms with Crippen LogP contribution in [0.15, 0.2) is 0 Å². The Morgan fingerprint density at radius 2 is 1.94 bits per heavy atom. The summed E-state index contributed by atoms with van der Waals surface area (Å²) in [7, 11) is 0.